The largest absolute Gasteiger partial charge is 0.332 e. The van der Waals surface area contributed by atoms with Crippen molar-refractivity contribution in [1.29, 1.82) is 0 Å². The van der Waals surface area contributed by atoms with Crippen LogP contribution in [-0.4, -0.2) is 22.3 Å². The van der Waals surface area contributed by atoms with Gasteiger partial charge in [0.15, 0.2) is 0 Å². The lowest BCUT2D eigenvalue weighted by Gasteiger charge is -2.29. The predicted molar refractivity (Wildman–Crippen MR) is 117 cm³/mol. The normalized spacial score (nSPS) is 15.8. The Bertz CT molecular complexity index is 966. The topological polar surface area (TPSA) is 33.2 Å². The van der Waals surface area contributed by atoms with Crippen molar-refractivity contribution >= 4 is 5.91 Å². The van der Waals surface area contributed by atoms with E-state index < -0.39 is 0 Å². The molecule has 1 amide bonds. The predicted octanol–water partition coefficient (Wildman–Crippen LogP) is 5.75. The molecule has 29 heavy (non-hydrogen) atoms. The molecule has 4 rings (SSSR count). The number of nitrogens with zero attached hydrogens (tertiary/aromatic N) is 2. The van der Waals surface area contributed by atoms with Crippen molar-refractivity contribution in [2.24, 2.45) is 5.92 Å². The summed E-state index contributed by atoms with van der Waals surface area (Å²) in [4.78, 5) is 20.1. The van der Waals surface area contributed by atoms with Crippen LogP contribution in [0.1, 0.15) is 35.3 Å². The van der Waals surface area contributed by atoms with E-state index in [1.807, 2.05) is 65.6 Å². The van der Waals surface area contributed by atoms with E-state index in [1.54, 1.807) is 6.20 Å². The summed E-state index contributed by atoms with van der Waals surface area (Å²) in [5.41, 5.74) is 3.72. The Kier molecular flexibility index (Phi) is 6.16. The van der Waals surface area contributed by atoms with Gasteiger partial charge in [-0.25, -0.2) is 0 Å². The van der Waals surface area contributed by atoms with Crippen LogP contribution in [0.4, 0.5) is 0 Å². The second-order valence-electron chi connectivity index (χ2n) is 7.57. The molecule has 0 spiro atoms. The lowest BCUT2D eigenvalue weighted by atomic mass is 9.93. The summed E-state index contributed by atoms with van der Waals surface area (Å²) in [7, 11) is 0. The maximum absolute atomic E-state index is 13.7. The van der Waals surface area contributed by atoms with E-state index in [4.69, 9.17) is 0 Å². The summed E-state index contributed by atoms with van der Waals surface area (Å²) >= 11 is 0. The van der Waals surface area contributed by atoms with Crippen molar-refractivity contribution in [2.75, 3.05) is 6.54 Å². The minimum Gasteiger partial charge on any atom is -0.332 e. The molecule has 0 N–H and O–H groups in total. The van der Waals surface area contributed by atoms with Crippen LogP contribution in [0.5, 0.6) is 0 Å². The van der Waals surface area contributed by atoms with Gasteiger partial charge in [0.1, 0.15) is 0 Å². The number of hydrogen-bond donors (Lipinski definition) is 0. The monoisotopic (exact) mass is 382 g/mol. The first-order chi connectivity index (χ1) is 14.3. The van der Waals surface area contributed by atoms with Crippen molar-refractivity contribution in [3.8, 4) is 11.1 Å². The SMILES string of the molecule is O=C(c1ccccc1-c1ccccc1)N(Cc1ccccn1)CC1CC=CCC1. The fourth-order valence-electron chi connectivity index (χ4n) is 3.95. The summed E-state index contributed by atoms with van der Waals surface area (Å²) in [5.74, 6) is 0.571. The molecule has 2 aromatic carbocycles. The maximum Gasteiger partial charge on any atom is 0.254 e. The van der Waals surface area contributed by atoms with Gasteiger partial charge in [-0.05, 0) is 54.5 Å². The van der Waals surface area contributed by atoms with Gasteiger partial charge < -0.3 is 4.90 Å². The highest BCUT2D eigenvalue weighted by molar-refractivity contribution is 6.00. The highest BCUT2D eigenvalue weighted by atomic mass is 16.2. The summed E-state index contributed by atoms with van der Waals surface area (Å²) < 4.78 is 0. The number of benzene rings is 2. The summed E-state index contributed by atoms with van der Waals surface area (Å²) in [5, 5.41) is 0. The van der Waals surface area contributed by atoms with E-state index in [2.05, 4.69) is 29.3 Å². The van der Waals surface area contributed by atoms with Gasteiger partial charge in [-0.3, -0.25) is 9.78 Å². The maximum atomic E-state index is 13.7. The van der Waals surface area contributed by atoms with Gasteiger partial charge in [-0.2, -0.15) is 0 Å². The van der Waals surface area contributed by atoms with Crippen LogP contribution in [0.2, 0.25) is 0 Å². The minimum atomic E-state index is 0.0738. The second kappa shape index (κ2) is 9.33. The van der Waals surface area contributed by atoms with Crippen molar-refractivity contribution < 1.29 is 4.79 Å². The van der Waals surface area contributed by atoms with Gasteiger partial charge in [0, 0.05) is 18.3 Å². The van der Waals surface area contributed by atoms with E-state index in [1.165, 1.54) is 0 Å². The van der Waals surface area contributed by atoms with Gasteiger partial charge in [0.25, 0.3) is 5.91 Å². The Hall–Kier alpha value is -3.20. The van der Waals surface area contributed by atoms with Gasteiger partial charge in [0.2, 0.25) is 0 Å². The highest BCUT2D eigenvalue weighted by Gasteiger charge is 2.23. The van der Waals surface area contributed by atoms with E-state index in [-0.39, 0.29) is 5.91 Å². The highest BCUT2D eigenvalue weighted by Crippen LogP contribution is 2.27. The molecule has 1 aliphatic carbocycles. The molecule has 1 heterocycles. The third kappa shape index (κ3) is 4.80. The van der Waals surface area contributed by atoms with E-state index >= 15 is 0 Å². The van der Waals surface area contributed by atoms with Crippen LogP contribution in [0.15, 0.2) is 91.1 Å². The van der Waals surface area contributed by atoms with E-state index in [0.717, 1.165) is 48.2 Å². The van der Waals surface area contributed by atoms with Gasteiger partial charge in [-0.1, -0.05) is 66.7 Å². The zero-order valence-electron chi connectivity index (χ0n) is 16.6. The molecule has 0 bridgehead atoms. The quantitative estimate of drug-likeness (QED) is 0.509. The number of hydrogen-bond acceptors (Lipinski definition) is 2. The smallest absolute Gasteiger partial charge is 0.254 e. The van der Waals surface area contributed by atoms with Gasteiger partial charge in [-0.15, -0.1) is 0 Å². The van der Waals surface area contributed by atoms with Crippen LogP contribution >= 0.6 is 0 Å². The molecule has 0 radical (unpaired) electrons. The first kappa shape index (κ1) is 19.1. The summed E-state index contributed by atoms with van der Waals surface area (Å²) in [6, 6.07) is 23.9. The average molecular weight is 383 g/mol. The van der Waals surface area contributed by atoms with Crippen molar-refractivity contribution in [3.05, 3.63) is 102 Å². The number of carbonyl (C=O) groups excluding carboxylic acids is 1. The average Bonchev–Trinajstić information content (AvgIpc) is 2.80. The number of aromatic nitrogens is 1. The van der Waals surface area contributed by atoms with Gasteiger partial charge in [0.05, 0.1) is 12.2 Å². The minimum absolute atomic E-state index is 0.0738. The van der Waals surface area contributed by atoms with E-state index in [9.17, 15) is 4.79 Å². The molecular weight excluding hydrogens is 356 g/mol. The van der Waals surface area contributed by atoms with Crippen LogP contribution in [0.25, 0.3) is 11.1 Å². The fraction of sp³-hybridized carbons (Fsp3) is 0.231. The van der Waals surface area contributed by atoms with Crippen LogP contribution < -0.4 is 0 Å². The number of allylic oxidation sites excluding steroid dienone is 2. The molecule has 1 atom stereocenters. The number of amides is 1. The molecule has 146 valence electrons. The van der Waals surface area contributed by atoms with Crippen molar-refractivity contribution in [1.82, 2.24) is 9.88 Å². The Balaban J connectivity index is 1.65. The fourth-order valence-corrected chi connectivity index (χ4v) is 3.95. The Morgan fingerprint density at radius 3 is 2.48 bits per heavy atom. The second-order valence-corrected chi connectivity index (χ2v) is 7.57. The van der Waals surface area contributed by atoms with Crippen LogP contribution in [0, 0.1) is 5.92 Å². The molecule has 0 aliphatic heterocycles. The van der Waals surface area contributed by atoms with Gasteiger partial charge >= 0.3 is 0 Å². The zero-order chi connectivity index (χ0) is 19.9. The Morgan fingerprint density at radius 1 is 0.931 bits per heavy atom. The van der Waals surface area contributed by atoms with Crippen LogP contribution in [0.3, 0.4) is 0 Å². The van der Waals surface area contributed by atoms with Crippen molar-refractivity contribution in [3.63, 3.8) is 0 Å². The first-order valence-corrected chi connectivity index (χ1v) is 10.3. The molecule has 1 aromatic heterocycles. The third-order valence-corrected chi connectivity index (χ3v) is 5.46. The molecule has 0 saturated heterocycles. The van der Waals surface area contributed by atoms with Crippen LogP contribution in [-0.2, 0) is 6.54 Å². The summed E-state index contributed by atoms with van der Waals surface area (Å²) in [6.07, 6.45) is 9.53. The number of carbonyl (C=O) groups is 1. The number of pyridine rings is 1. The molecule has 3 nitrogen and oxygen atoms in total. The lowest BCUT2D eigenvalue weighted by Crippen LogP contribution is -2.35. The summed E-state index contributed by atoms with van der Waals surface area (Å²) in [6.45, 7) is 1.28. The third-order valence-electron chi connectivity index (χ3n) is 5.46. The molecule has 1 aliphatic rings. The molecule has 1 unspecified atom stereocenters. The standard InChI is InChI=1S/C26H26N2O/c29-26(25-17-8-7-16-24(25)22-13-5-2-6-14-22)28(19-21-11-3-1-4-12-21)20-23-15-9-10-18-27-23/h1-3,5-10,13-18,21H,4,11-12,19-20H2. The molecule has 0 saturated carbocycles. The molecule has 3 aromatic rings. The zero-order valence-corrected chi connectivity index (χ0v) is 16.6. The Labute approximate surface area is 172 Å². The molecule has 0 fully saturated rings. The Morgan fingerprint density at radius 2 is 1.72 bits per heavy atom. The van der Waals surface area contributed by atoms with Crippen molar-refractivity contribution in [2.45, 2.75) is 25.8 Å². The lowest BCUT2D eigenvalue weighted by molar-refractivity contribution is 0.0708. The first-order valence-electron chi connectivity index (χ1n) is 10.3. The van der Waals surface area contributed by atoms with E-state index in [0.29, 0.717) is 12.5 Å². The molecular formula is C26H26N2O. The molecule has 3 heteroatoms. The number of rotatable bonds is 6.